The van der Waals surface area contributed by atoms with Gasteiger partial charge in [-0.05, 0) is 25.3 Å². The minimum atomic E-state index is -4.27. The lowest BCUT2D eigenvalue weighted by atomic mass is 9.85. The number of sulfonamides is 1. The second-order valence-electron chi connectivity index (χ2n) is 7.26. The summed E-state index contributed by atoms with van der Waals surface area (Å²) in [5.74, 6) is -1.99. The number of nitrogens with zero attached hydrogens (tertiary/aromatic N) is 2. The van der Waals surface area contributed by atoms with Crippen LogP contribution >= 0.6 is 0 Å². The van der Waals surface area contributed by atoms with Crippen LogP contribution in [0.25, 0.3) is 0 Å². The number of alkyl halides is 3. The number of ether oxygens (including phenoxy) is 1. The quantitative estimate of drug-likeness (QED) is 0.802. The SMILES string of the molecule is Cn1cc(S(=O)(=O)N2CCOCC2)cc1C(=O)NC1CCCC(C(F)(F)F)C1. The lowest BCUT2D eigenvalue weighted by Gasteiger charge is -2.31. The van der Waals surface area contributed by atoms with Crippen LogP contribution in [0.2, 0.25) is 0 Å². The number of hydrogen-bond acceptors (Lipinski definition) is 4. The van der Waals surface area contributed by atoms with E-state index in [1.54, 1.807) is 0 Å². The van der Waals surface area contributed by atoms with Crippen molar-refractivity contribution in [2.24, 2.45) is 13.0 Å². The molecule has 2 atom stereocenters. The van der Waals surface area contributed by atoms with Crippen LogP contribution in [0.3, 0.4) is 0 Å². The summed E-state index contributed by atoms with van der Waals surface area (Å²) in [7, 11) is -2.22. The molecule has 3 rings (SSSR count). The van der Waals surface area contributed by atoms with Crippen molar-refractivity contribution in [1.29, 1.82) is 0 Å². The van der Waals surface area contributed by atoms with Crippen LogP contribution in [0.1, 0.15) is 36.2 Å². The Morgan fingerprint density at radius 1 is 1.25 bits per heavy atom. The van der Waals surface area contributed by atoms with E-state index in [2.05, 4.69) is 5.32 Å². The molecular formula is C17H24F3N3O4S. The summed E-state index contributed by atoms with van der Waals surface area (Å²) in [6, 6.07) is 0.687. The lowest BCUT2D eigenvalue weighted by Crippen LogP contribution is -2.42. The summed E-state index contributed by atoms with van der Waals surface area (Å²) in [6.45, 7) is 1.09. The summed E-state index contributed by atoms with van der Waals surface area (Å²) < 4.78 is 72.1. The van der Waals surface area contributed by atoms with Gasteiger partial charge in [0.15, 0.2) is 0 Å². The predicted octanol–water partition coefficient (Wildman–Crippen LogP) is 1.90. The molecule has 1 amide bonds. The van der Waals surface area contributed by atoms with E-state index in [0.29, 0.717) is 26.1 Å². The van der Waals surface area contributed by atoms with E-state index < -0.39 is 34.1 Å². The monoisotopic (exact) mass is 423 g/mol. The first kappa shape index (κ1) is 21.1. The third-order valence-electron chi connectivity index (χ3n) is 5.29. The van der Waals surface area contributed by atoms with E-state index in [4.69, 9.17) is 4.74 Å². The Morgan fingerprint density at radius 2 is 1.93 bits per heavy atom. The number of carbonyl (C=O) groups is 1. The molecule has 2 fully saturated rings. The average molecular weight is 423 g/mol. The maximum Gasteiger partial charge on any atom is 0.391 e. The van der Waals surface area contributed by atoms with E-state index in [9.17, 15) is 26.4 Å². The van der Waals surface area contributed by atoms with E-state index in [1.165, 1.54) is 28.2 Å². The average Bonchev–Trinajstić information content (AvgIpc) is 3.05. The highest BCUT2D eigenvalue weighted by Gasteiger charge is 2.42. The van der Waals surface area contributed by atoms with Gasteiger partial charge in [0.1, 0.15) is 10.6 Å². The first-order chi connectivity index (χ1) is 13.1. The number of nitrogens with one attached hydrogen (secondary N) is 1. The zero-order valence-electron chi connectivity index (χ0n) is 15.5. The highest BCUT2D eigenvalue weighted by molar-refractivity contribution is 7.89. The summed E-state index contributed by atoms with van der Waals surface area (Å²) in [5, 5.41) is 2.63. The Bertz CT molecular complexity index is 816. The molecule has 1 aliphatic heterocycles. The smallest absolute Gasteiger partial charge is 0.379 e. The van der Waals surface area contributed by atoms with Gasteiger partial charge in [0.25, 0.3) is 5.91 Å². The van der Waals surface area contributed by atoms with Gasteiger partial charge in [0.2, 0.25) is 10.0 Å². The van der Waals surface area contributed by atoms with Gasteiger partial charge < -0.3 is 14.6 Å². The third-order valence-corrected chi connectivity index (χ3v) is 7.16. The van der Waals surface area contributed by atoms with Crippen LogP contribution in [0.5, 0.6) is 0 Å². The van der Waals surface area contributed by atoms with Gasteiger partial charge in [0.05, 0.1) is 19.1 Å². The number of halogens is 3. The zero-order chi connectivity index (χ0) is 20.5. The van der Waals surface area contributed by atoms with Crippen LogP contribution in [0, 0.1) is 5.92 Å². The van der Waals surface area contributed by atoms with Crippen molar-refractivity contribution < 1.29 is 31.1 Å². The summed E-state index contributed by atoms with van der Waals surface area (Å²) in [6.07, 6.45) is -2.14. The molecule has 2 aliphatic rings. The number of rotatable bonds is 4. The van der Waals surface area contributed by atoms with Gasteiger partial charge in [-0.2, -0.15) is 17.5 Å². The fraction of sp³-hybridized carbons (Fsp3) is 0.706. The molecule has 0 bridgehead atoms. The Labute approximate surface area is 161 Å². The van der Waals surface area contributed by atoms with Crippen molar-refractivity contribution in [3.05, 3.63) is 18.0 Å². The van der Waals surface area contributed by atoms with E-state index in [-0.39, 0.29) is 36.5 Å². The van der Waals surface area contributed by atoms with Crippen molar-refractivity contribution in [3.8, 4) is 0 Å². The predicted molar refractivity (Wildman–Crippen MR) is 94.3 cm³/mol. The largest absolute Gasteiger partial charge is 0.391 e. The molecule has 1 aromatic rings. The molecule has 0 radical (unpaired) electrons. The second-order valence-corrected chi connectivity index (χ2v) is 9.20. The van der Waals surface area contributed by atoms with Crippen LogP contribution in [0.4, 0.5) is 13.2 Å². The molecule has 2 heterocycles. The molecule has 1 aromatic heterocycles. The standard InChI is InChI=1S/C17H24F3N3O4S/c1-22-11-14(28(25,26)23-5-7-27-8-6-23)10-15(22)16(24)21-13-4-2-3-12(9-13)17(18,19)20/h10-13H,2-9H2,1H3,(H,21,24). The number of carbonyl (C=O) groups excluding carboxylic acids is 1. The number of hydrogen-bond donors (Lipinski definition) is 1. The number of amides is 1. The summed E-state index contributed by atoms with van der Waals surface area (Å²) in [4.78, 5) is 12.6. The second kappa shape index (κ2) is 8.03. The molecule has 7 nitrogen and oxygen atoms in total. The minimum absolute atomic E-state index is 0.0149. The molecule has 2 unspecified atom stereocenters. The molecule has 28 heavy (non-hydrogen) atoms. The molecule has 1 aliphatic carbocycles. The molecular weight excluding hydrogens is 399 g/mol. The van der Waals surface area contributed by atoms with Gasteiger partial charge in [-0.15, -0.1) is 0 Å². The first-order valence-corrected chi connectivity index (χ1v) is 10.6. The van der Waals surface area contributed by atoms with Crippen molar-refractivity contribution >= 4 is 15.9 Å². The van der Waals surface area contributed by atoms with Gasteiger partial charge in [-0.1, -0.05) is 6.42 Å². The van der Waals surface area contributed by atoms with Gasteiger partial charge in [-0.3, -0.25) is 4.79 Å². The molecule has 1 saturated carbocycles. The van der Waals surface area contributed by atoms with Crippen molar-refractivity contribution in [3.63, 3.8) is 0 Å². The Hall–Kier alpha value is -1.59. The van der Waals surface area contributed by atoms with Crippen LogP contribution in [-0.2, 0) is 21.8 Å². The van der Waals surface area contributed by atoms with E-state index in [1.807, 2.05) is 0 Å². The molecule has 158 valence electrons. The minimum Gasteiger partial charge on any atom is -0.379 e. The van der Waals surface area contributed by atoms with Crippen LogP contribution in [-0.4, -0.2) is 61.7 Å². The van der Waals surface area contributed by atoms with Crippen molar-refractivity contribution in [2.45, 2.75) is 42.8 Å². The number of aromatic nitrogens is 1. The number of aryl methyl sites for hydroxylation is 1. The maximum atomic E-state index is 13.0. The Balaban J connectivity index is 1.71. The van der Waals surface area contributed by atoms with Gasteiger partial charge in [-0.25, -0.2) is 8.42 Å². The third kappa shape index (κ3) is 4.52. The van der Waals surface area contributed by atoms with Crippen LogP contribution < -0.4 is 5.32 Å². The molecule has 11 heteroatoms. The Kier molecular flexibility index (Phi) is 6.06. The first-order valence-electron chi connectivity index (χ1n) is 9.21. The summed E-state index contributed by atoms with van der Waals surface area (Å²) in [5.41, 5.74) is 0.0981. The normalized spacial score (nSPS) is 24.9. The maximum absolute atomic E-state index is 13.0. The van der Waals surface area contributed by atoms with E-state index in [0.717, 1.165) is 0 Å². The Morgan fingerprint density at radius 3 is 2.57 bits per heavy atom. The molecule has 0 aromatic carbocycles. The van der Waals surface area contributed by atoms with Crippen molar-refractivity contribution in [2.75, 3.05) is 26.3 Å². The molecule has 1 saturated heterocycles. The van der Waals surface area contributed by atoms with Gasteiger partial charge >= 0.3 is 6.18 Å². The topological polar surface area (TPSA) is 80.6 Å². The number of morpholine rings is 1. The highest BCUT2D eigenvalue weighted by Crippen LogP contribution is 2.37. The van der Waals surface area contributed by atoms with Crippen molar-refractivity contribution in [1.82, 2.24) is 14.2 Å². The van der Waals surface area contributed by atoms with Gasteiger partial charge in [0, 0.05) is 32.4 Å². The fourth-order valence-corrected chi connectivity index (χ4v) is 5.19. The fourth-order valence-electron chi connectivity index (χ4n) is 3.71. The molecule has 0 spiro atoms. The summed E-state index contributed by atoms with van der Waals surface area (Å²) >= 11 is 0. The highest BCUT2D eigenvalue weighted by atomic mass is 32.2. The zero-order valence-corrected chi connectivity index (χ0v) is 16.4. The van der Waals surface area contributed by atoms with E-state index >= 15 is 0 Å². The molecule has 1 N–H and O–H groups in total. The van der Waals surface area contributed by atoms with Crippen LogP contribution in [0.15, 0.2) is 17.2 Å². The lowest BCUT2D eigenvalue weighted by molar-refractivity contribution is -0.183.